The van der Waals surface area contributed by atoms with E-state index in [4.69, 9.17) is 0 Å². The van der Waals surface area contributed by atoms with Gasteiger partial charge in [0.1, 0.15) is 0 Å². The molecule has 106 valence electrons. The van der Waals surface area contributed by atoms with E-state index in [0.717, 1.165) is 21.7 Å². The van der Waals surface area contributed by atoms with Crippen molar-refractivity contribution in [2.75, 3.05) is 38.0 Å². The zero-order chi connectivity index (χ0) is 14.7. The summed E-state index contributed by atoms with van der Waals surface area (Å²) in [6.07, 6.45) is 0. The molecule has 0 atom stereocenters. The lowest BCUT2D eigenvalue weighted by molar-refractivity contribution is 0.600. The fourth-order valence-corrected chi connectivity index (χ4v) is 4.61. The number of hydrogen-bond donors (Lipinski definition) is 1. The number of nitrogens with zero attached hydrogens (tertiary/aromatic N) is 2. The summed E-state index contributed by atoms with van der Waals surface area (Å²) in [5.41, 5.74) is 2.19. The summed E-state index contributed by atoms with van der Waals surface area (Å²) in [5.74, 6) is 0. The van der Waals surface area contributed by atoms with Gasteiger partial charge >= 0.3 is 0 Å². The second kappa shape index (κ2) is 6.11. The van der Waals surface area contributed by atoms with Gasteiger partial charge in [-0.05, 0) is 22.5 Å². The molecule has 2 aromatic carbocycles. The van der Waals surface area contributed by atoms with Crippen molar-refractivity contribution in [1.29, 1.82) is 0 Å². The van der Waals surface area contributed by atoms with Gasteiger partial charge in [-0.3, -0.25) is 0 Å². The van der Waals surface area contributed by atoms with Crippen molar-refractivity contribution >= 4 is 30.8 Å². The minimum Gasteiger partial charge on any atom is -0.426 e. The van der Waals surface area contributed by atoms with Gasteiger partial charge in [0, 0.05) is 39.6 Å². The van der Waals surface area contributed by atoms with Crippen LogP contribution in [0.1, 0.15) is 0 Å². The molecule has 3 nitrogen and oxygen atoms in total. The zero-order valence-electron chi connectivity index (χ0n) is 12.5. The minimum absolute atomic E-state index is 1.06. The lowest BCUT2D eigenvalue weighted by Crippen LogP contribution is -2.46. The van der Waals surface area contributed by atoms with Gasteiger partial charge in [-0.2, -0.15) is 0 Å². The molecular weight excluding hydrogens is 264 g/mol. The molecule has 0 aromatic heterocycles. The van der Waals surface area contributed by atoms with Crippen LogP contribution in [0.5, 0.6) is 0 Å². The van der Waals surface area contributed by atoms with Crippen LogP contribution in [-0.4, -0.2) is 42.0 Å². The highest BCUT2D eigenvalue weighted by Crippen LogP contribution is 2.12. The number of hydrogen-bond acceptors (Lipinski definition) is 3. The standard InChI is InChI=1S/C16H22N2OSi/c1-17(2)13-9-5-7-11-15(13)20(19)16-12-8-6-10-14(16)18(3)4/h5-12,19-20H,1-4H3. The van der Waals surface area contributed by atoms with E-state index >= 15 is 0 Å². The van der Waals surface area contributed by atoms with Crippen LogP contribution in [0.2, 0.25) is 0 Å². The molecular formula is C16H22N2OSi. The molecule has 0 bridgehead atoms. The Labute approximate surface area is 122 Å². The maximum atomic E-state index is 10.9. The molecule has 0 unspecified atom stereocenters. The molecule has 0 aliphatic heterocycles. The minimum atomic E-state index is -2.19. The molecule has 0 fully saturated rings. The van der Waals surface area contributed by atoms with Crippen LogP contribution in [-0.2, 0) is 0 Å². The van der Waals surface area contributed by atoms with Crippen LogP contribution in [0.3, 0.4) is 0 Å². The molecule has 0 aliphatic rings. The average Bonchev–Trinajstić information content (AvgIpc) is 2.46. The molecule has 0 amide bonds. The van der Waals surface area contributed by atoms with Gasteiger partial charge in [0.25, 0.3) is 0 Å². The summed E-state index contributed by atoms with van der Waals surface area (Å²) < 4.78 is 0. The molecule has 0 saturated heterocycles. The molecule has 0 radical (unpaired) electrons. The van der Waals surface area contributed by atoms with Crippen LogP contribution in [0, 0.1) is 0 Å². The quantitative estimate of drug-likeness (QED) is 0.836. The van der Waals surface area contributed by atoms with Crippen LogP contribution in [0.4, 0.5) is 11.4 Å². The Bertz CT molecular complexity index is 533. The highest BCUT2D eigenvalue weighted by atomic mass is 28.3. The SMILES string of the molecule is CN(C)c1ccccc1[SiH](O)c1ccccc1N(C)C. The van der Waals surface area contributed by atoms with Gasteiger partial charge in [-0.25, -0.2) is 0 Å². The molecule has 0 spiro atoms. The fraction of sp³-hybridized carbons (Fsp3) is 0.250. The highest BCUT2D eigenvalue weighted by molar-refractivity contribution is 6.81. The zero-order valence-corrected chi connectivity index (χ0v) is 13.7. The number of para-hydroxylation sites is 2. The monoisotopic (exact) mass is 286 g/mol. The number of benzene rings is 2. The number of rotatable bonds is 4. The average molecular weight is 286 g/mol. The summed E-state index contributed by atoms with van der Waals surface area (Å²) in [7, 11) is 5.85. The van der Waals surface area contributed by atoms with Gasteiger partial charge in [0.15, 0.2) is 0 Å². The first kappa shape index (κ1) is 14.6. The first-order chi connectivity index (χ1) is 9.52. The Morgan fingerprint density at radius 3 is 1.40 bits per heavy atom. The van der Waals surface area contributed by atoms with Gasteiger partial charge in [0.05, 0.1) is 0 Å². The third-order valence-electron chi connectivity index (χ3n) is 3.43. The van der Waals surface area contributed by atoms with E-state index < -0.39 is 9.04 Å². The second-order valence-electron chi connectivity index (χ2n) is 5.31. The van der Waals surface area contributed by atoms with Crippen molar-refractivity contribution < 1.29 is 4.80 Å². The molecule has 0 aliphatic carbocycles. The van der Waals surface area contributed by atoms with Crippen molar-refractivity contribution in [2.24, 2.45) is 0 Å². The van der Waals surface area contributed by atoms with E-state index in [2.05, 4.69) is 21.9 Å². The van der Waals surface area contributed by atoms with E-state index in [0.29, 0.717) is 0 Å². The summed E-state index contributed by atoms with van der Waals surface area (Å²) >= 11 is 0. The summed E-state index contributed by atoms with van der Waals surface area (Å²) in [4.78, 5) is 15.1. The predicted octanol–water partition coefficient (Wildman–Crippen LogP) is 0.649. The topological polar surface area (TPSA) is 26.7 Å². The molecule has 4 heteroatoms. The molecule has 0 saturated carbocycles. The molecule has 1 N–H and O–H groups in total. The van der Waals surface area contributed by atoms with Crippen molar-refractivity contribution in [2.45, 2.75) is 0 Å². The largest absolute Gasteiger partial charge is 0.426 e. The molecule has 2 aromatic rings. The maximum absolute atomic E-state index is 10.9. The predicted molar refractivity (Wildman–Crippen MR) is 90.2 cm³/mol. The van der Waals surface area contributed by atoms with Crippen LogP contribution < -0.4 is 20.2 Å². The van der Waals surface area contributed by atoms with E-state index in [1.165, 1.54) is 0 Å². The van der Waals surface area contributed by atoms with E-state index in [1.807, 2.05) is 64.6 Å². The van der Waals surface area contributed by atoms with Gasteiger partial charge < -0.3 is 14.6 Å². The smallest absolute Gasteiger partial charge is 0.240 e. The maximum Gasteiger partial charge on any atom is 0.240 e. The van der Waals surface area contributed by atoms with Crippen molar-refractivity contribution in [1.82, 2.24) is 0 Å². The van der Waals surface area contributed by atoms with Gasteiger partial charge in [0.2, 0.25) is 9.04 Å². The van der Waals surface area contributed by atoms with Crippen LogP contribution in [0.25, 0.3) is 0 Å². The van der Waals surface area contributed by atoms with E-state index in [9.17, 15) is 4.80 Å². The summed E-state index contributed by atoms with van der Waals surface area (Å²) in [6.45, 7) is 0. The second-order valence-corrected chi connectivity index (χ2v) is 7.36. The van der Waals surface area contributed by atoms with Crippen molar-refractivity contribution in [3.05, 3.63) is 48.5 Å². The Kier molecular flexibility index (Phi) is 4.47. The Hall–Kier alpha value is -1.78. The third kappa shape index (κ3) is 2.86. The van der Waals surface area contributed by atoms with Gasteiger partial charge in [-0.15, -0.1) is 0 Å². The lowest BCUT2D eigenvalue weighted by Gasteiger charge is -2.23. The first-order valence-electron chi connectivity index (χ1n) is 6.73. The number of anilines is 2. The third-order valence-corrected chi connectivity index (χ3v) is 5.58. The fourth-order valence-electron chi connectivity index (χ4n) is 2.42. The van der Waals surface area contributed by atoms with Crippen molar-refractivity contribution in [3.63, 3.8) is 0 Å². The lowest BCUT2D eigenvalue weighted by atomic mass is 10.3. The van der Waals surface area contributed by atoms with Crippen LogP contribution >= 0.6 is 0 Å². The Morgan fingerprint density at radius 2 is 1.05 bits per heavy atom. The van der Waals surface area contributed by atoms with Crippen LogP contribution in [0.15, 0.2) is 48.5 Å². The first-order valence-corrected chi connectivity index (χ1v) is 8.40. The van der Waals surface area contributed by atoms with E-state index in [-0.39, 0.29) is 0 Å². The molecule has 2 rings (SSSR count). The summed E-state index contributed by atoms with van der Waals surface area (Å²) in [6, 6.07) is 16.2. The van der Waals surface area contributed by atoms with Crippen molar-refractivity contribution in [3.8, 4) is 0 Å². The molecule has 0 heterocycles. The Balaban J connectivity index is 2.50. The Morgan fingerprint density at radius 1 is 0.700 bits per heavy atom. The van der Waals surface area contributed by atoms with Gasteiger partial charge in [-0.1, -0.05) is 36.4 Å². The molecule has 20 heavy (non-hydrogen) atoms. The summed E-state index contributed by atoms with van der Waals surface area (Å²) in [5, 5.41) is 2.12. The highest BCUT2D eigenvalue weighted by Gasteiger charge is 2.21. The normalized spacial score (nSPS) is 10.7. The van der Waals surface area contributed by atoms with E-state index in [1.54, 1.807) is 0 Å².